The molecule has 0 radical (unpaired) electrons. The average Bonchev–Trinajstić information content (AvgIpc) is 3.70. The number of alkyl halides is 2. The highest BCUT2D eigenvalue weighted by atomic mass is 35.5. The van der Waals surface area contributed by atoms with Crippen molar-refractivity contribution in [1.29, 1.82) is 0 Å². The number of carbonyl (C=O) groups is 1. The number of sulfonamides is 1. The highest BCUT2D eigenvalue weighted by molar-refractivity contribution is 7.89. The van der Waals surface area contributed by atoms with E-state index in [9.17, 15) is 13.2 Å². The van der Waals surface area contributed by atoms with Gasteiger partial charge in [-0.3, -0.25) is 4.79 Å². The summed E-state index contributed by atoms with van der Waals surface area (Å²) in [5, 5.41) is 3.79. The molecule has 12 heteroatoms. The van der Waals surface area contributed by atoms with Crippen molar-refractivity contribution in [2.24, 2.45) is 17.8 Å². The summed E-state index contributed by atoms with van der Waals surface area (Å²) in [7, 11) is -3.19. The largest absolute Gasteiger partial charge is 0.496 e. The Morgan fingerprint density at radius 3 is 2.30 bits per heavy atom. The highest BCUT2D eigenvalue weighted by Crippen LogP contribution is 2.40. The Hall–Kier alpha value is -3.25. The Bertz CT molecular complexity index is 1660. The van der Waals surface area contributed by atoms with Crippen LogP contribution in [0, 0.1) is 17.8 Å². The van der Waals surface area contributed by atoms with Crippen molar-refractivity contribution in [2.45, 2.75) is 49.0 Å². The summed E-state index contributed by atoms with van der Waals surface area (Å²) in [5.41, 5.74) is 0.677. The maximum Gasteiger partial charge on any atom is 0.298 e. The van der Waals surface area contributed by atoms with Crippen LogP contribution in [0.3, 0.4) is 0 Å². The number of carbonyl (C=O) groups excluding carboxylic acids is 1. The molecule has 1 saturated carbocycles. The summed E-state index contributed by atoms with van der Waals surface area (Å²) in [6, 6.07) is 13.9. The Labute approximate surface area is 279 Å². The van der Waals surface area contributed by atoms with Crippen LogP contribution in [0.25, 0.3) is 11.1 Å². The molecule has 252 valence electrons. The fourth-order valence-corrected chi connectivity index (χ4v) is 8.25. The topological polar surface area (TPSA) is 97.0 Å². The Kier molecular flexibility index (Phi) is 10.1. The van der Waals surface area contributed by atoms with Gasteiger partial charge >= 0.3 is 0 Å². The molecule has 1 amide bonds. The van der Waals surface area contributed by atoms with Crippen molar-refractivity contribution in [3.63, 3.8) is 0 Å². The summed E-state index contributed by atoms with van der Waals surface area (Å²) in [6.07, 6.45) is 5.79. The van der Waals surface area contributed by atoms with Gasteiger partial charge < -0.3 is 19.7 Å². The number of ether oxygens (including phenoxy) is 2. The van der Waals surface area contributed by atoms with Crippen LogP contribution >= 0.6 is 11.6 Å². The SMILES string of the molecule is COc1cc(C(F)(F)C(NS(=O)(=O)c2ccc(OCC3CCCCC3)cc2)C(=O)N2C[C@H]3CNC[C@H]3C2)ccc1-c1ccc(Cl)cc1. The molecule has 1 aliphatic carbocycles. The normalized spacial score (nSPS) is 21.0. The summed E-state index contributed by atoms with van der Waals surface area (Å²) in [5.74, 6) is -3.55. The lowest BCUT2D eigenvalue weighted by Gasteiger charge is -2.31. The lowest BCUT2D eigenvalue weighted by atomic mass is 9.90. The molecular formula is C35H40ClF2N3O5S. The first-order valence-electron chi connectivity index (χ1n) is 16.1. The van der Waals surface area contributed by atoms with Gasteiger partial charge in [-0.05, 0) is 78.6 Å². The zero-order valence-corrected chi connectivity index (χ0v) is 27.8. The highest BCUT2D eigenvalue weighted by Gasteiger charge is 2.52. The van der Waals surface area contributed by atoms with E-state index >= 15 is 8.78 Å². The first-order valence-corrected chi connectivity index (χ1v) is 18.0. The van der Waals surface area contributed by atoms with Gasteiger partial charge in [0, 0.05) is 42.3 Å². The molecule has 3 aromatic carbocycles. The maximum atomic E-state index is 16.6. The van der Waals surface area contributed by atoms with Gasteiger partial charge in [-0.1, -0.05) is 55.1 Å². The predicted octanol–water partition coefficient (Wildman–Crippen LogP) is 6.09. The number of likely N-dealkylation sites (tertiary alicyclic amines) is 1. The van der Waals surface area contributed by atoms with Crippen molar-refractivity contribution in [2.75, 3.05) is 39.9 Å². The number of rotatable bonds is 11. The van der Waals surface area contributed by atoms with E-state index in [4.69, 9.17) is 21.1 Å². The number of nitrogens with zero attached hydrogens (tertiary/aromatic N) is 1. The van der Waals surface area contributed by atoms with E-state index in [2.05, 4.69) is 10.0 Å². The number of nitrogens with one attached hydrogen (secondary N) is 2. The first kappa shape index (κ1) is 33.6. The van der Waals surface area contributed by atoms with Crippen LogP contribution in [0.2, 0.25) is 5.02 Å². The van der Waals surface area contributed by atoms with Crippen LogP contribution in [0.5, 0.6) is 11.5 Å². The minimum absolute atomic E-state index is 0.129. The van der Waals surface area contributed by atoms with Crippen LogP contribution in [0.1, 0.15) is 37.7 Å². The number of fused-ring (bicyclic) bond motifs is 1. The van der Waals surface area contributed by atoms with Gasteiger partial charge in [0.15, 0.2) is 6.04 Å². The molecule has 6 rings (SSSR count). The van der Waals surface area contributed by atoms with Gasteiger partial charge in [0.2, 0.25) is 15.9 Å². The Morgan fingerprint density at radius 1 is 1.00 bits per heavy atom. The van der Waals surface area contributed by atoms with E-state index < -0.39 is 33.5 Å². The van der Waals surface area contributed by atoms with Crippen molar-refractivity contribution < 1.29 is 31.5 Å². The van der Waals surface area contributed by atoms with E-state index in [1.165, 1.54) is 67.7 Å². The third-order valence-corrected chi connectivity index (χ3v) is 11.4. The van der Waals surface area contributed by atoms with Gasteiger partial charge in [-0.2, -0.15) is 13.5 Å². The van der Waals surface area contributed by atoms with Crippen LogP contribution in [-0.4, -0.2) is 65.2 Å². The quantitative estimate of drug-likeness (QED) is 0.253. The molecule has 47 heavy (non-hydrogen) atoms. The second-order valence-electron chi connectivity index (χ2n) is 12.8. The van der Waals surface area contributed by atoms with Gasteiger partial charge in [-0.15, -0.1) is 0 Å². The van der Waals surface area contributed by atoms with E-state index in [-0.39, 0.29) is 35.6 Å². The molecule has 0 spiro atoms. The number of methoxy groups -OCH3 is 1. The third-order valence-electron chi connectivity index (χ3n) is 9.67. The molecule has 3 aromatic rings. The molecule has 3 aliphatic rings. The zero-order chi connectivity index (χ0) is 33.2. The second-order valence-corrected chi connectivity index (χ2v) is 15.0. The van der Waals surface area contributed by atoms with Crippen LogP contribution in [0.4, 0.5) is 8.78 Å². The van der Waals surface area contributed by atoms with Crippen molar-refractivity contribution >= 4 is 27.5 Å². The standard InChI is InChI=1S/C35H40ClF2N3O5S/c1-45-32-17-27(9-16-31(32)24-7-10-28(36)11-8-24)35(37,38)33(34(42)41-20-25-18-39-19-26(25)21-41)40-47(43,44)30-14-12-29(13-15-30)46-22-23-5-3-2-4-6-23/h7-17,23,25-26,33,39-40H,2-6,18-22H2,1H3/t25-,26+,33?. The third kappa shape index (κ3) is 7.43. The molecule has 2 saturated heterocycles. The minimum atomic E-state index is -4.56. The smallest absolute Gasteiger partial charge is 0.298 e. The van der Waals surface area contributed by atoms with E-state index in [0.29, 0.717) is 47.5 Å². The average molecular weight is 688 g/mol. The summed E-state index contributed by atoms with van der Waals surface area (Å²) in [4.78, 5) is 15.0. The van der Waals surface area contributed by atoms with E-state index in [0.717, 1.165) is 18.9 Å². The maximum absolute atomic E-state index is 16.6. The predicted molar refractivity (Wildman–Crippen MR) is 176 cm³/mol. The minimum Gasteiger partial charge on any atom is -0.496 e. The molecule has 2 aliphatic heterocycles. The number of benzene rings is 3. The fourth-order valence-electron chi connectivity index (χ4n) is 6.94. The fraction of sp³-hybridized carbons (Fsp3) is 0.457. The van der Waals surface area contributed by atoms with Crippen LogP contribution in [-0.2, 0) is 20.7 Å². The van der Waals surface area contributed by atoms with Crippen molar-refractivity contribution in [1.82, 2.24) is 14.9 Å². The van der Waals surface area contributed by atoms with Crippen LogP contribution in [0.15, 0.2) is 71.6 Å². The van der Waals surface area contributed by atoms with Crippen molar-refractivity contribution in [3.05, 3.63) is 77.3 Å². The van der Waals surface area contributed by atoms with Gasteiger partial charge in [0.05, 0.1) is 18.6 Å². The molecule has 2 heterocycles. The molecule has 3 atom stereocenters. The molecule has 0 bridgehead atoms. The molecule has 3 fully saturated rings. The number of hydrogen-bond acceptors (Lipinski definition) is 6. The van der Waals surface area contributed by atoms with Crippen LogP contribution < -0.4 is 19.5 Å². The monoisotopic (exact) mass is 687 g/mol. The Balaban J connectivity index is 1.27. The number of halogens is 3. The molecule has 2 N–H and O–H groups in total. The summed E-state index contributed by atoms with van der Waals surface area (Å²) in [6.45, 7) is 2.45. The van der Waals surface area contributed by atoms with E-state index in [1.807, 2.05) is 0 Å². The first-order chi connectivity index (χ1) is 22.5. The number of hydrogen-bond donors (Lipinski definition) is 2. The Morgan fingerprint density at radius 2 is 1.66 bits per heavy atom. The molecular weight excluding hydrogens is 648 g/mol. The summed E-state index contributed by atoms with van der Waals surface area (Å²) < 4.78 is 74.0. The lowest BCUT2D eigenvalue weighted by Crippen LogP contribution is -2.56. The molecule has 8 nitrogen and oxygen atoms in total. The molecule has 1 unspecified atom stereocenters. The lowest BCUT2D eigenvalue weighted by molar-refractivity contribution is -0.143. The molecule has 0 aromatic heterocycles. The second kappa shape index (κ2) is 14.1. The number of amides is 1. The zero-order valence-electron chi connectivity index (χ0n) is 26.3. The van der Waals surface area contributed by atoms with E-state index in [1.54, 1.807) is 24.3 Å². The summed E-state index contributed by atoms with van der Waals surface area (Å²) >= 11 is 6.02. The van der Waals surface area contributed by atoms with Gasteiger partial charge in [0.25, 0.3) is 5.92 Å². The van der Waals surface area contributed by atoms with Gasteiger partial charge in [0.1, 0.15) is 11.5 Å². The van der Waals surface area contributed by atoms with Gasteiger partial charge in [-0.25, -0.2) is 8.42 Å². The van der Waals surface area contributed by atoms with Crippen molar-refractivity contribution in [3.8, 4) is 22.6 Å².